The summed E-state index contributed by atoms with van der Waals surface area (Å²) in [5.74, 6) is -9.62. The summed E-state index contributed by atoms with van der Waals surface area (Å²) in [6.45, 7) is 32.3. The number of hydrogen-bond donors (Lipinski definition) is 4. The summed E-state index contributed by atoms with van der Waals surface area (Å²) in [7, 11) is 5.83. The summed E-state index contributed by atoms with van der Waals surface area (Å²) in [4.78, 5) is 201. The van der Waals surface area contributed by atoms with Gasteiger partial charge in [-0.15, -0.1) is 34.0 Å². The molecule has 6 rings (SSSR count). The van der Waals surface area contributed by atoms with E-state index in [1.54, 1.807) is 0 Å². The van der Waals surface area contributed by atoms with Crippen LogP contribution in [0, 0.1) is 53.3 Å². The average Bonchev–Trinajstić information content (AvgIpc) is 1.08. The molecule has 0 bridgehead atoms. The van der Waals surface area contributed by atoms with E-state index in [9.17, 15) is 87.5 Å². The summed E-state index contributed by atoms with van der Waals surface area (Å²) in [6.07, 6.45) is 9.57. The Labute approximate surface area is 744 Å². The van der Waals surface area contributed by atoms with Crippen LogP contribution in [0.1, 0.15) is 324 Å². The number of carboxylic acids is 3. The van der Waals surface area contributed by atoms with E-state index in [1.165, 1.54) is 51.6 Å². The highest BCUT2D eigenvalue weighted by Crippen LogP contribution is 2.38. The first-order valence-electron chi connectivity index (χ1n) is 44.1. The molecule has 6 heterocycles. The maximum Gasteiger partial charge on any atom is 0.355 e. The van der Waals surface area contributed by atoms with Gasteiger partial charge >= 0.3 is 47.8 Å². The number of piperidine rings is 3. The topological polar surface area (TPSA) is 424 Å². The van der Waals surface area contributed by atoms with Gasteiger partial charge in [-0.3, -0.25) is 67.4 Å². The van der Waals surface area contributed by atoms with E-state index in [-0.39, 0.29) is 187 Å². The fourth-order valence-corrected chi connectivity index (χ4v) is 18.5. The molecule has 3 aliphatic heterocycles. The molecule has 0 saturated carbocycles. The first-order chi connectivity index (χ1) is 58.5. The zero-order chi connectivity index (χ0) is 93.1. The quantitative estimate of drug-likeness (QED) is 0.0232. The van der Waals surface area contributed by atoms with Crippen LogP contribution < -0.4 is 0 Å². The lowest BCUT2D eigenvalue weighted by molar-refractivity contribution is -0.163. The Kier molecular flexibility index (Phi) is 47.3. The normalized spacial score (nSPS) is 18.7. The molecule has 3 unspecified atom stereocenters. The monoisotopic (exact) mass is 1800 g/mol. The minimum atomic E-state index is -1.20. The number of carbonyl (C=O) groups is 14. The van der Waals surface area contributed by atoms with Gasteiger partial charge in [-0.1, -0.05) is 135 Å². The van der Waals surface area contributed by atoms with Crippen LogP contribution in [-0.4, -0.2) is 245 Å². The average molecular weight is 1800 g/mol. The van der Waals surface area contributed by atoms with Crippen molar-refractivity contribution in [2.75, 3.05) is 61.0 Å². The van der Waals surface area contributed by atoms with E-state index < -0.39 is 102 Å². The molecule has 0 spiro atoms. The third-order valence-corrected chi connectivity index (χ3v) is 26.9. The number of carbonyl (C=O) groups excluding carboxylic acids is 11. The van der Waals surface area contributed by atoms with E-state index in [1.807, 2.05) is 118 Å². The lowest BCUT2D eigenvalue weighted by atomic mass is 9.82. The number of aliphatic hydroxyl groups is 1. The lowest BCUT2D eigenvalue weighted by Gasteiger charge is -2.39. The van der Waals surface area contributed by atoms with E-state index >= 15 is 0 Å². The molecule has 3 saturated heterocycles. The molecular weight excluding hydrogens is 1660 g/mol. The fourth-order valence-electron chi connectivity index (χ4n) is 16.0. The number of nitrogens with zero attached hydrogens (tertiary/aromatic N) is 9. The van der Waals surface area contributed by atoms with Crippen molar-refractivity contribution >= 4 is 117 Å². The van der Waals surface area contributed by atoms with Crippen LogP contribution in [0.5, 0.6) is 0 Å². The van der Waals surface area contributed by atoms with Crippen LogP contribution in [-0.2, 0) is 76.4 Å². The number of likely N-dealkylation sites (tertiary alicyclic amines) is 3. The van der Waals surface area contributed by atoms with Crippen molar-refractivity contribution < 1.29 is 111 Å². The van der Waals surface area contributed by atoms with Gasteiger partial charge in [-0.05, 0) is 128 Å². The van der Waals surface area contributed by atoms with Crippen LogP contribution >= 0.6 is 34.0 Å². The van der Waals surface area contributed by atoms with Crippen molar-refractivity contribution in [3.05, 3.63) is 48.2 Å². The van der Waals surface area contributed by atoms with Crippen LogP contribution in [0.2, 0.25) is 0 Å². The summed E-state index contributed by atoms with van der Waals surface area (Å²) in [5.41, 5.74) is -0.480. The smallest absolute Gasteiger partial charge is 0.355 e. The van der Waals surface area contributed by atoms with Crippen LogP contribution in [0.3, 0.4) is 0 Å². The summed E-state index contributed by atoms with van der Waals surface area (Å²) >= 11 is 3.15. The highest BCUT2D eigenvalue weighted by molar-refractivity contribution is 7.10. The summed E-state index contributed by atoms with van der Waals surface area (Å²) in [6, 6.07) is -2.38. The molecule has 698 valence electrons. The van der Waals surface area contributed by atoms with Crippen LogP contribution in [0.4, 0.5) is 0 Å². The van der Waals surface area contributed by atoms with Gasteiger partial charge in [0.25, 0.3) is 0 Å². The minimum absolute atomic E-state index is 0.0289. The number of amides is 3. The molecule has 4 N–H and O–H groups in total. The highest BCUT2D eigenvalue weighted by atomic mass is 32.1. The second-order valence-corrected chi connectivity index (χ2v) is 37.1. The van der Waals surface area contributed by atoms with Gasteiger partial charge in [-0.25, -0.2) is 29.3 Å². The summed E-state index contributed by atoms with van der Waals surface area (Å²) in [5, 5.41) is 43.9. The third-order valence-electron chi connectivity index (χ3n) is 24.1. The van der Waals surface area contributed by atoms with Crippen molar-refractivity contribution in [3.8, 4) is 0 Å². The molecule has 3 fully saturated rings. The van der Waals surface area contributed by atoms with E-state index in [0.29, 0.717) is 37.1 Å². The zero-order valence-electron chi connectivity index (χ0n) is 76.7. The molecule has 35 heteroatoms. The van der Waals surface area contributed by atoms with Crippen molar-refractivity contribution in [3.63, 3.8) is 0 Å². The number of hydrogen-bond acceptors (Lipinski definition) is 29. The number of aliphatic hydroxyl groups excluding tert-OH is 1. The lowest BCUT2D eigenvalue weighted by Crippen LogP contribution is -2.50. The predicted molar refractivity (Wildman–Crippen MR) is 468 cm³/mol. The number of ether oxygens (including phenoxy) is 5. The molecule has 0 aliphatic carbocycles. The standard InChI is InChI=1S/C31H49N3O8S.C29H45N3O8S.C29H47N3O7S/c1-8-12-28(37)41-18-34(30(38)22(20(5)9-2)15-26(36)24-13-10-11-14-33(24)7)25(19(3)4)16-27(42-21(6)35)29-32-23(17-43-29)31(39)40;1-8-18(4)21(13-25(35)23-11-9-10-12-31(23)7)28(36)32(16-39-19(5)33)24(17(2)3)14-26(40-20(6)34)27-30-22(15-41-27)29(37)38;1-7-11-26(35)39-17-32(23(18(3)4)15-25(34)27-30-21(16-40-27)29(37)38)28(36)20(19(5)8-2)14-24(33)22-12-9-10-13-31(22)6/h17,19-20,22,24-25,27H,8-16,18H2,1-7H3,(H,39,40);15,17-18,21,23-24,26H,8-14,16H2,1-7H3,(H,37,38);16,18-20,22-23,25,34H,7-15,17H2,1-6H3,(H,37,38)/t20-,22-,24?,25+,27+;18-,21-,23?,24+,26+;19-,20-,22?,23+,25+/m000/s1. The van der Waals surface area contributed by atoms with Gasteiger partial charge in [0.15, 0.2) is 66.8 Å². The predicted octanol–water partition coefficient (Wildman–Crippen LogP) is 13.9. The Hall–Kier alpha value is -8.09. The van der Waals surface area contributed by atoms with Gasteiger partial charge < -0.3 is 58.8 Å². The first-order valence-corrected chi connectivity index (χ1v) is 46.7. The Balaban J connectivity index is 0.000000390. The molecule has 32 nitrogen and oxygen atoms in total. The second kappa shape index (κ2) is 54.2. The van der Waals surface area contributed by atoms with Crippen molar-refractivity contribution in [1.29, 1.82) is 0 Å². The molecule has 124 heavy (non-hydrogen) atoms. The van der Waals surface area contributed by atoms with E-state index in [0.717, 1.165) is 111 Å². The molecule has 3 amide bonds. The van der Waals surface area contributed by atoms with Gasteiger partial charge in [-0.2, -0.15) is 0 Å². The SMILES string of the molecule is CCCC(=O)OCN(C(=O)[C@@H](CC(=O)C1CCCCN1C)[C@@H](C)CC)[C@H](C[C@@H](O)c1nc(C(=O)O)cs1)C(C)C.CCCC(=O)OCN(C(=O)[C@@H](CC(=O)C1CCCCN1C)[C@@H](C)CC)[C@H](C[C@@H](OC(C)=O)c1nc(C(=O)O)cs1)C(C)C.CC[C@H](C)[C@H](CC(=O)C1CCCCN1C)C(=O)N(COC(C)=O)[C@H](C[C@@H](OC(C)=O)c1nc(C(=O)O)cs1)C(C)C. The number of esters is 5. The number of aromatic carboxylic acids is 3. The zero-order valence-corrected chi connectivity index (χ0v) is 79.2. The second-order valence-electron chi connectivity index (χ2n) is 34.4. The molecular formula is C89H141N9O23S3. The maximum absolute atomic E-state index is 14.5. The van der Waals surface area contributed by atoms with Crippen molar-refractivity contribution in [2.24, 2.45) is 53.3 Å². The highest BCUT2D eigenvalue weighted by Gasteiger charge is 2.44. The van der Waals surface area contributed by atoms with Gasteiger partial charge in [0.05, 0.1) is 18.1 Å². The molecule has 15 atom stereocenters. The molecule has 3 aromatic heterocycles. The number of rotatable bonds is 48. The number of carboxylic acid groups (broad SMARTS) is 3. The number of ketones is 3. The number of likely N-dealkylation sites (N-methyl/N-ethyl adjacent to an activating group) is 3. The molecule has 0 aromatic carbocycles. The maximum atomic E-state index is 14.5. The largest absolute Gasteiger partial charge is 0.476 e. The number of aromatic nitrogens is 3. The van der Waals surface area contributed by atoms with E-state index in [2.05, 4.69) is 29.7 Å². The Morgan fingerprint density at radius 1 is 0.419 bits per heavy atom. The van der Waals surface area contributed by atoms with Gasteiger partial charge in [0.1, 0.15) is 21.1 Å². The fraction of sp³-hybridized carbons (Fsp3) is 0.742. The molecule has 3 aromatic rings. The molecule has 3 aliphatic rings. The van der Waals surface area contributed by atoms with Gasteiger partial charge in [0.2, 0.25) is 17.7 Å². The minimum Gasteiger partial charge on any atom is -0.476 e. The van der Waals surface area contributed by atoms with Crippen LogP contribution in [0.15, 0.2) is 16.1 Å². The van der Waals surface area contributed by atoms with Crippen molar-refractivity contribution in [1.82, 2.24) is 44.4 Å². The third kappa shape index (κ3) is 33.9. The first kappa shape index (κ1) is 108. The van der Waals surface area contributed by atoms with Crippen LogP contribution in [0.25, 0.3) is 0 Å². The summed E-state index contributed by atoms with van der Waals surface area (Å²) < 4.78 is 27.6. The Bertz CT molecular complexity index is 3960. The molecule has 0 radical (unpaired) electrons. The Morgan fingerprint density at radius 2 is 0.702 bits per heavy atom. The van der Waals surface area contributed by atoms with Gasteiger partial charge in [0, 0.05) is 124 Å². The Morgan fingerprint density at radius 3 is 0.952 bits per heavy atom. The number of Topliss-reactive ketones (excluding diaryl/α,β-unsaturated/α-hetero) is 3. The van der Waals surface area contributed by atoms with E-state index in [4.69, 9.17) is 23.7 Å². The number of thiazole rings is 3. The van der Waals surface area contributed by atoms with Crippen molar-refractivity contribution in [2.45, 2.75) is 314 Å².